The molecule has 0 unspecified atom stereocenters. The van der Waals surface area contributed by atoms with E-state index in [1.165, 1.54) is 0 Å². The van der Waals surface area contributed by atoms with E-state index in [2.05, 4.69) is 10.1 Å². The maximum Gasteiger partial charge on any atom is 0.407 e. The van der Waals surface area contributed by atoms with E-state index in [9.17, 15) is 18.0 Å². The van der Waals surface area contributed by atoms with Gasteiger partial charge < -0.3 is 14.8 Å². The summed E-state index contributed by atoms with van der Waals surface area (Å²) < 4.78 is 41.1. The van der Waals surface area contributed by atoms with Crippen molar-refractivity contribution >= 4 is 22.2 Å². The maximum atomic E-state index is 12.2. The molecular weight excluding hydrogens is 398 g/mol. The average Bonchev–Trinajstić information content (AvgIpc) is 2.99. The molecule has 0 saturated heterocycles. The summed E-state index contributed by atoms with van der Waals surface area (Å²) in [6.07, 6.45) is -1.30. The minimum Gasteiger partial charge on any atom is -0.469 e. The van der Waals surface area contributed by atoms with Crippen LogP contribution >= 0.6 is 0 Å². The van der Waals surface area contributed by atoms with E-state index in [0.29, 0.717) is 0 Å². The number of rotatable bonds is 7. The van der Waals surface area contributed by atoms with Crippen LogP contribution in [-0.2, 0) is 24.4 Å². The van der Waals surface area contributed by atoms with Crippen molar-refractivity contribution in [2.24, 2.45) is 0 Å². The summed E-state index contributed by atoms with van der Waals surface area (Å²) in [5.41, 5.74) is 4.22. The lowest BCUT2D eigenvalue weighted by Crippen LogP contribution is -2.42. The number of hydrogen-bond donors (Lipinski definition) is 2. The lowest BCUT2D eigenvalue weighted by atomic mass is 9.98. The predicted octanol–water partition coefficient (Wildman–Crippen LogP) is 2.34. The van der Waals surface area contributed by atoms with Gasteiger partial charge in [-0.15, -0.1) is 0 Å². The van der Waals surface area contributed by atoms with Crippen LogP contribution in [-0.4, -0.2) is 50.5 Å². The molecule has 9 heteroatoms. The fraction of sp³-hybridized carbons (Fsp3) is 0.300. The molecule has 0 spiro atoms. The Bertz CT molecular complexity index is 973. The molecule has 3 rings (SSSR count). The fourth-order valence-corrected chi connectivity index (χ4v) is 4.21. The molecule has 8 nitrogen and oxygen atoms in total. The minimum absolute atomic E-state index is 0.0384. The molecule has 2 aromatic rings. The van der Waals surface area contributed by atoms with E-state index in [4.69, 9.17) is 9.29 Å². The molecule has 1 amide bonds. The Labute approximate surface area is 168 Å². The smallest absolute Gasteiger partial charge is 0.407 e. The second-order valence-electron chi connectivity index (χ2n) is 6.70. The number of carbonyl (C=O) groups is 2. The molecule has 0 heterocycles. The molecule has 2 N–H and O–H groups in total. The number of hydrogen-bond acceptors (Lipinski definition) is 6. The standard InChI is InChI=1S/C20H21NO7S/c1-27-19(22)10-13(12-29(24,25)26)21-20(23)28-11-18-16-8-4-2-6-14(16)15-7-3-5-9-17(15)18/h2-9,13,18H,10-12H2,1H3,(H,21,23)(H,24,25,26)/t13-/m1/s1. The van der Waals surface area contributed by atoms with Crippen LogP contribution in [0.15, 0.2) is 48.5 Å². The average molecular weight is 419 g/mol. The molecule has 0 radical (unpaired) electrons. The SMILES string of the molecule is COC(=O)C[C@H](CS(=O)(=O)O)NC(=O)OCC1c2ccccc2-c2ccccc21. The summed E-state index contributed by atoms with van der Waals surface area (Å²) in [6, 6.07) is 14.5. The molecule has 1 aliphatic carbocycles. The molecule has 0 bridgehead atoms. The van der Waals surface area contributed by atoms with Gasteiger partial charge in [-0.05, 0) is 22.3 Å². The monoisotopic (exact) mass is 419 g/mol. The molecule has 29 heavy (non-hydrogen) atoms. The van der Waals surface area contributed by atoms with Crippen LogP contribution in [0.3, 0.4) is 0 Å². The summed E-state index contributed by atoms with van der Waals surface area (Å²) >= 11 is 0. The molecule has 1 aliphatic rings. The first kappa shape index (κ1) is 20.8. The van der Waals surface area contributed by atoms with E-state index in [0.717, 1.165) is 29.4 Å². The zero-order valence-electron chi connectivity index (χ0n) is 15.7. The largest absolute Gasteiger partial charge is 0.469 e. The summed E-state index contributed by atoms with van der Waals surface area (Å²) in [5, 5.41) is 2.31. The Morgan fingerprint density at radius 3 is 2.14 bits per heavy atom. The van der Waals surface area contributed by atoms with Crippen LogP contribution in [0, 0.1) is 0 Å². The maximum absolute atomic E-state index is 12.2. The lowest BCUT2D eigenvalue weighted by Gasteiger charge is -2.18. The second-order valence-corrected chi connectivity index (χ2v) is 8.19. The third kappa shape index (κ3) is 5.12. The van der Waals surface area contributed by atoms with Crippen molar-refractivity contribution in [2.45, 2.75) is 18.4 Å². The van der Waals surface area contributed by atoms with Gasteiger partial charge in [-0.2, -0.15) is 8.42 Å². The molecule has 0 saturated carbocycles. The highest BCUT2D eigenvalue weighted by molar-refractivity contribution is 7.85. The number of fused-ring (bicyclic) bond motifs is 3. The number of carbonyl (C=O) groups excluding carboxylic acids is 2. The van der Waals surface area contributed by atoms with Crippen molar-refractivity contribution in [1.82, 2.24) is 5.32 Å². The van der Waals surface area contributed by atoms with Gasteiger partial charge in [0.05, 0.1) is 25.3 Å². The van der Waals surface area contributed by atoms with Gasteiger partial charge in [0.15, 0.2) is 0 Å². The molecule has 0 aliphatic heterocycles. The molecule has 154 valence electrons. The number of amides is 1. The van der Waals surface area contributed by atoms with E-state index >= 15 is 0 Å². The van der Waals surface area contributed by atoms with Gasteiger partial charge in [0.2, 0.25) is 0 Å². The molecular formula is C20H21NO7S. The number of ether oxygens (including phenoxy) is 2. The highest BCUT2D eigenvalue weighted by Gasteiger charge is 2.30. The van der Waals surface area contributed by atoms with E-state index in [1.54, 1.807) is 0 Å². The first-order valence-electron chi connectivity index (χ1n) is 8.92. The molecule has 2 aromatic carbocycles. The Morgan fingerprint density at radius 1 is 1.07 bits per heavy atom. The second kappa shape index (κ2) is 8.62. The zero-order valence-corrected chi connectivity index (χ0v) is 16.5. The Balaban J connectivity index is 1.69. The van der Waals surface area contributed by atoms with Crippen molar-refractivity contribution in [3.05, 3.63) is 59.7 Å². The minimum atomic E-state index is -4.41. The van der Waals surface area contributed by atoms with Crippen LogP contribution in [0.2, 0.25) is 0 Å². The highest BCUT2D eigenvalue weighted by atomic mass is 32.2. The Kier molecular flexibility index (Phi) is 6.19. The zero-order chi connectivity index (χ0) is 21.0. The summed E-state index contributed by atoms with van der Waals surface area (Å²) in [6.45, 7) is 0.0384. The number of methoxy groups -OCH3 is 1. The van der Waals surface area contributed by atoms with Gasteiger partial charge >= 0.3 is 12.1 Å². The fourth-order valence-electron chi connectivity index (χ4n) is 3.50. The van der Waals surface area contributed by atoms with Gasteiger partial charge in [0.1, 0.15) is 6.61 Å². The molecule has 0 aromatic heterocycles. The van der Waals surface area contributed by atoms with Gasteiger partial charge in [-0.3, -0.25) is 9.35 Å². The quantitative estimate of drug-likeness (QED) is 0.522. The normalized spacial score (nSPS) is 13.9. The Hall–Kier alpha value is -2.91. The summed E-state index contributed by atoms with van der Waals surface area (Å²) in [4.78, 5) is 23.7. The number of esters is 1. The van der Waals surface area contributed by atoms with E-state index < -0.39 is 40.4 Å². The van der Waals surface area contributed by atoms with E-state index in [1.807, 2.05) is 48.5 Å². The number of alkyl carbamates (subject to hydrolysis) is 1. The van der Waals surface area contributed by atoms with Gasteiger partial charge in [-0.1, -0.05) is 48.5 Å². The Morgan fingerprint density at radius 2 is 1.62 bits per heavy atom. The number of benzene rings is 2. The van der Waals surface area contributed by atoms with Crippen molar-refractivity contribution in [1.29, 1.82) is 0 Å². The van der Waals surface area contributed by atoms with Gasteiger partial charge in [0, 0.05) is 5.92 Å². The predicted molar refractivity (Wildman–Crippen MR) is 105 cm³/mol. The number of nitrogens with one attached hydrogen (secondary N) is 1. The van der Waals surface area contributed by atoms with Crippen LogP contribution in [0.4, 0.5) is 4.79 Å². The van der Waals surface area contributed by atoms with Crippen LogP contribution < -0.4 is 5.32 Å². The third-order valence-electron chi connectivity index (χ3n) is 4.72. The van der Waals surface area contributed by atoms with Gasteiger partial charge in [0.25, 0.3) is 10.1 Å². The van der Waals surface area contributed by atoms with Crippen LogP contribution in [0.5, 0.6) is 0 Å². The third-order valence-corrected chi connectivity index (χ3v) is 5.54. The van der Waals surface area contributed by atoms with Crippen molar-refractivity contribution in [3.63, 3.8) is 0 Å². The summed E-state index contributed by atoms with van der Waals surface area (Å²) in [7, 11) is -3.27. The van der Waals surface area contributed by atoms with Crippen LogP contribution in [0.25, 0.3) is 11.1 Å². The van der Waals surface area contributed by atoms with Gasteiger partial charge in [-0.25, -0.2) is 4.79 Å². The van der Waals surface area contributed by atoms with E-state index in [-0.39, 0.29) is 12.5 Å². The first-order valence-corrected chi connectivity index (χ1v) is 10.5. The van der Waals surface area contributed by atoms with Crippen molar-refractivity contribution in [3.8, 4) is 11.1 Å². The lowest BCUT2D eigenvalue weighted by molar-refractivity contribution is -0.141. The van der Waals surface area contributed by atoms with Crippen molar-refractivity contribution < 1.29 is 32.0 Å². The topological polar surface area (TPSA) is 119 Å². The molecule has 0 fully saturated rings. The van der Waals surface area contributed by atoms with Crippen LogP contribution in [0.1, 0.15) is 23.5 Å². The highest BCUT2D eigenvalue weighted by Crippen LogP contribution is 2.44. The molecule has 1 atom stereocenters. The van der Waals surface area contributed by atoms with Crippen molar-refractivity contribution in [2.75, 3.05) is 19.5 Å². The first-order chi connectivity index (χ1) is 13.8. The summed E-state index contributed by atoms with van der Waals surface area (Å²) in [5.74, 6) is -1.71.